The van der Waals surface area contributed by atoms with Gasteiger partial charge < -0.3 is 20.1 Å². The number of hydrogen-bond donors (Lipinski definition) is 1. The van der Waals surface area contributed by atoms with E-state index in [9.17, 15) is 9.59 Å². The Bertz CT molecular complexity index is 603. The van der Waals surface area contributed by atoms with E-state index in [1.54, 1.807) is 25.3 Å². The minimum absolute atomic E-state index is 0.0206. The second-order valence-electron chi connectivity index (χ2n) is 6.23. The molecule has 6 nitrogen and oxygen atoms in total. The minimum Gasteiger partial charge on any atom is -0.493 e. The molecule has 0 radical (unpaired) electrons. The van der Waals surface area contributed by atoms with Gasteiger partial charge in [0.15, 0.2) is 17.3 Å². The van der Waals surface area contributed by atoms with Gasteiger partial charge in [-0.3, -0.25) is 9.59 Å². The summed E-state index contributed by atoms with van der Waals surface area (Å²) in [6.07, 6.45) is 1.34. The molecular formula is C18H26N2O4. The molecule has 1 saturated heterocycles. The molecule has 132 valence electrons. The minimum atomic E-state index is -0.0773. The van der Waals surface area contributed by atoms with Crippen LogP contribution >= 0.6 is 0 Å². The van der Waals surface area contributed by atoms with Crippen molar-refractivity contribution in [2.75, 3.05) is 27.3 Å². The average molecular weight is 334 g/mol. The van der Waals surface area contributed by atoms with Gasteiger partial charge in [-0.25, -0.2) is 0 Å². The predicted molar refractivity (Wildman–Crippen MR) is 91.4 cm³/mol. The Hall–Kier alpha value is -2.08. The van der Waals surface area contributed by atoms with Crippen molar-refractivity contribution in [3.05, 3.63) is 23.8 Å². The number of nitrogens with two attached hydrogens (primary N) is 1. The van der Waals surface area contributed by atoms with Crippen molar-refractivity contribution in [3.63, 3.8) is 0 Å². The highest BCUT2D eigenvalue weighted by Crippen LogP contribution is 2.28. The van der Waals surface area contributed by atoms with Crippen molar-refractivity contribution in [2.45, 2.75) is 32.2 Å². The van der Waals surface area contributed by atoms with Crippen LogP contribution < -0.4 is 15.2 Å². The molecule has 1 fully saturated rings. The molecule has 24 heavy (non-hydrogen) atoms. The molecule has 1 aromatic carbocycles. The zero-order valence-corrected chi connectivity index (χ0v) is 14.6. The Labute approximate surface area is 142 Å². The lowest BCUT2D eigenvalue weighted by Gasteiger charge is -2.21. The SMILES string of the molecule is COc1ccc(C(=O)CCC(=O)N2CC(CN)CC2C)cc1OC. The van der Waals surface area contributed by atoms with Crippen LogP contribution in [-0.2, 0) is 4.79 Å². The van der Waals surface area contributed by atoms with Gasteiger partial charge in [0.05, 0.1) is 14.2 Å². The molecule has 2 N–H and O–H groups in total. The van der Waals surface area contributed by atoms with E-state index >= 15 is 0 Å². The van der Waals surface area contributed by atoms with Gasteiger partial charge in [-0.05, 0) is 44.0 Å². The number of likely N-dealkylation sites (tertiary alicyclic amines) is 1. The molecule has 1 aliphatic heterocycles. The third-order valence-electron chi connectivity index (χ3n) is 4.59. The van der Waals surface area contributed by atoms with Gasteiger partial charge in [0, 0.05) is 31.0 Å². The van der Waals surface area contributed by atoms with Crippen molar-refractivity contribution in [1.82, 2.24) is 4.90 Å². The number of Topliss-reactive ketones (excluding diaryl/α,β-unsaturated/α-hetero) is 1. The molecular weight excluding hydrogens is 308 g/mol. The number of rotatable bonds is 7. The first-order valence-electron chi connectivity index (χ1n) is 8.24. The molecule has 0 aliphatic carbocycles. The highest BCUT2D eigenvalue weighted by molar-refractivity contribution is 5.98. The first kappa shape index (κ1) is 18.3. The summed E-state index contributed by atoms with van der Waals surface area (Å²) in [5, 5.41) is 0. The molecule has 1 heterocycles. The summed E-state index contributed by atoms with van der Waals surface area (Å²) in [4.78, 5) is 26.6. The van der Waals surface area contributed by atoms with E-state index in [2.05, 4.69) is 0 Å². The summed E-state index contributed by atoms with van der Waals surface area (Å²) in [5.74, 6) is 1.39. The lowest BCUT2D eigenvalue weighted by atomic mass is 10.1. The topological polar surface area (TPSA) is 81.9 Å². The zero-order chi connectivity index (χ0) is 17.7. The number of amides is 1. The summed E-state index contributed by atoms with van der Waals surface area (Å²) in [6, 6.07) is 5.23. The van der Waals surface area contributed by atoms with Crippen LogP contribution in [0.1, 0.15) is 36.5 Å². The molecule has 1 aliphatic rings. The molecule has 6 heteroatoms. The molecule has 1 amide bonds. The number of ketones is 1. The van der Waals surface area contributed by atoms with Crippen LogP contribution in [0.25, 0.3) is 0 Å². The first-order valence-corrected chi connectivity index (χ1v) is 8.24. The summed E-state index contributed by atoms with van der Waals surface area (Å²) in [5.41, 5.74) is 6.22. The van der Waals surface area contributed by atoms with Gasteiger partial charge >= 0.3 is 0 Å². The van der Waals surface area contributed by atoms with E-state index in [4.69, 9.17) is 15.2 Å². The Morgan fingerprint density at radius 2 is 1.92 bits per heavy atom. The summed E-state index contributed by atoms with van der Waals surface area (Å²) in [6.45, 7) is 3.32. The number of carbonyl (C=O) groups is 2. The molecule has 2 rings (SSSR count). The molecule has 0 spiro atoms. The van der Waals surface area contributed by atoms with Crippen molar-refractivity contribution in [2.24, 2.45) is 11.7 Å². The fraction of sp³-hybridized carbons (Fsp3) is 0.556. The van der Waals surface area contributed by atoms with Crippen LogP contribution in [-0.4, -0.2) is 49.9 Å². The van der Waals surface area contributed by atoms with Gasteiger partial charge in [0.1, 0.15) is 0 Å². The van der Waals surface area contributed by atoms with Gasteiger partial charge in [-0.2, -0.15) is 0 Å². The molecule has 0 saturated carbocycles. The van der Waals surface area contributed by atoms with Crippen LogP contribution in [0.15, 0.2) is 18.2 Å². The van der Waals surface area contributed by atoms with Crippen molar-refractivity contribution in [1.29, 1.82) is 0 Å². The molecule has 0 aromatic heterocycles. The maximum Gasteiger partial charge on any atom is 0.223 e. The zero-order valence-electron chi connectivity index (χ0n) is 14.6. The number of benzene rings is 1. The number of nitrogens with zero attached hydrogens (tertiary/aromatic N) is 1. The van der Waals surface area contributed by atoms with Gasteiger partial charge in [0.25, 0.3) is 0 Å². The highest BCUT2D eigenvalue weighted by atomic mass is 16.5. The smallest absolute Gasteiger partial charge is 0.223 e. The first-order chi connectivity index (χ1) is 11.5. The summed E-state index contributed by atoms with van der Waals surface area (Å²) >= 11 is 0. The van der Waals surface area contributed by atoms with Crippen LogP contribution in [0.5, 0.6) is 11.5 Å². The number of hydrogen-bond acceptors (Lipinski definition) is 5. The van der Waals surface area contributed by atoms with E-state index in [0.29, 0.717) is 36.1 Å². The number of ether oxygens (including phenoxy) is 2. The third kappa shape index (κ3) is 4.06. The Morgan fingerprint density at radius 1 is 1.21 bits per heavy atom. The van der Waals surface area contributed by atoms with Crippen molar-refractivity contribution >= 4 is 11.7 Å². The molecule has 1 aromatic rings. The van der Waals surface area contributed by atoms with E-state index in [-0.39, 0.29) is 30.6 Å². The Balaban J connectivity index is 1.94. The van der Waals surface area contributed by atoms with Crippen molar-refractivity contribution < 1.29 is 19.1 Å². The van der Waals surface area contributed by atoms with Gasteiger partial charge in [-0.15, -0.1) is 0 Å². The highest BCUT2D eigenvalue weighted by Gasteiger charge is 2.31. The Kier molecular flexibility index (Phi) is 6.20. The Morgan fingerprint density at radius 3 is 2.50 bits per heavy atom. The fourth-order valence-electron chi connectivity index (χ4n) is 3.18. The van der Waals surface area contributed by atoms with Crippen LogP contribution in [0.3, 0.4) is 0 Å². The summed E-state index contributed by atoms with van der Waals surface area (Å²) < 4.78 is 10.4. The van der Waals surface area contributed by atoms with Gasteiger partial charge in [-0.1, -0.05) is 0 Å². The molecule has 0 bridgehead atoms. The third-order valence-corrected chi connectivity index (χ3v) is 4.59. The monoisotopic (exact) mass is 334 g/mol. The normalized spacial score (nSPS) is 20.1. The average Bonchev–Trinajstić information content (AvgIpc) is 2.99. The van der Waals surface area contributed by atoms with E-state index in [1.165, 1.54) is 7.11 Å². The lowest BCUT2D eigenvalue weighted by Crippen LogP contribution is -2.34. The quantitative estimate of drug-likeness (QED) is 0.770. The summed E-state index contributed by atoms with van der Waals surface area (Å²) in [7, 11) is 3.07. The largest absolute Gasteiger partial charge is 0.493 e. The maximum absolute atomic E-state index is 12.4. The second-order valence-corrected chi connectivity index (χ2v) is 6.23. The fourth-order valence-corrected chi connectivity index (χ4v) is 3.18. The predicted octanol–water partition coefficient (Wildman–Crippen LogP) is 1.86. The maximum atomic E-state index is 12.4. The van der Waals surface area contributed by atoms with Crippen LogP contribution in [0.2, 0.25) is 0 Å². The van der Waals surface area contributed by atoms with Crippen LogP contribution in [0.4, 0.5) is 0 Å². The van der Waals surface area contributed by atoms with E-state index in [1.807, 2.05) is 11.8 Å². The lowest BCUT2D eigenvalue weighted by molar-refractivity contribution is -0.131. The number of carbonyl (C=O) groups excluding carboxylic acids is 2. The van der Waals surface area contributed by atoms with Crippen molar-refractivity contribution in [3.8, 4) is 11.5 Å². The van der Waals surface area contributed by atoms with E-state index < -0.39 is 0 Å². The standard InChI is InChI=1S/C18H26N2O4/c1-12-8-13(10-19)11-20(12)18(22)7-5-15(21)14-4-6-16(23-2)17(9-14)24-3/h4,6,9,12-13H,5,7-8,10-11,19H2,1-3H3. The second kappa shape index (κ2) is 8.15. The van der Waals surface area contributed by atoms with Crippen LogP contribution in [0, 0.1) is 5.92 Å². The molecule has 2 atom stereocenters. The van der Waals surface area contributed by atoms with Gasteiger partial charge in [0.2, 0.25) is 5.91 Å². The van der Waals surface area contributed by atoms with E-state index in [0.717, 1.165) is 6.42 Å². The number of methoxy groups -OCH3 is 2. The molecule has 2 unspecified atom stereocenters.